The summed E-state index contributed by atoms with van der Waals surface area (Å²) in [7, 11) is 0. The number of aliphatic hydroxyl groups is 2. The smallest absolute Gasteiger partial charge is 0.290 e. The minimum absolute atomic E-state index is 0.0166. The van der Waals surface area contributed by atoms with Gasteiger partial charge in [0, 0.05) is 11.0 Å². The summed E-state index contributed by atoms with van der Waals surface area (Å²) in [4.78, 5) is 26.6. The van der Waals surface area contributed by atoms with Gasteiger partial charge in [0.2, 0.25) is 0 Å². The predicted octanol–water partition coefficient (Wildman–Crippen LogP) is 3.42. The highest BCUT2D eigenvalue weighted by molar-refractivity contribution is 9.10. The number of hydrogen-bond acceptors (Lipinski definition) is 4. The van der Waals surface area contributed by atoms with Crippen LogP contribution in [0, 0.1) is 0 Å². The molecule has 27 heavy (non-hydrogen) atoms. The number of carbonyl (C=O) groups is 2. The minimum Gasteiger partial charge on any atom is -0.503 e. The zero-order valence-corrected chi connectivity index (χ0v) is 16.0. The van der Waals surface area contributed by atoms with Crippen molar-refractivity contribution >= 4 is 33.7 Å². The van der Waals surface area contributed by atoms with E-state index in [0.717, 1.165) is 10.0 Å². The lowest BCUT2D eigenvalue weighted by Crippen LogP contribution is -2.33. The van der Waals surface area contributed by atoms with Gasteiger partial charge < -0.3 is 15.1 Å². The Morgan fingerprint density at radius 1 is 1.11 bits per heavy atom. The van der Waals surface area contributed by atoms with Crippen molar-refractivity contribution in [3.63, 3.8) is 0 Å². The maximum Gasteiger partial charge on any atom is 0.290 e. The number of ketones is 1. The lowest BCUT2D eigenvalue weighted by Gasteiger charge is -2.25. The van der Waals surface area contributed by atoms with Crippen LogP contribution >= 0.6 is 15.9 Å². The van der Waals surface area contributed by atoms with Gasteiger partial charge in [-0.2, -0.15) is 0 Å². The van der Waals surface area contributed by atoms with E-state index >= 15 is 0 Å². The highest BCUT2D eigenvalue weighted by atomic mass is 79.9. The molecule has 1 atom stereocenters. The van der Waals surface area contributed by atoms with Gasteiger partial charge >= 0.3 is 0 Å². The standard InChI is InChI=1S/C21H18BrNO4/c22-16-9-7-15(8-10-16)19-18(20(26)21(27)23(19)12-13-24)17(25)11-6-14-4-2-1-3-5-14/h1-11,19,24,26H,12-13H2. The van der Waals surface area contributed by atoms with E-state index in [4.69, 9.17) is 0 Å². The molecule has 1 amide bonds. The average molecular weight is 428 g/mol. The Hall–Kier alpha value is -2.70. The van der Waals surface area contributed by atoms with Crippen molar-refractivity contribution < 1.29 is 19.8 Å². The van der Waals surface area contributed by atoms with Crippen molar-refractivity contribution in [1.29, 1.82) is 0 Å². The van der Waals surface area contributed by atoms with Crippen LogP contribution in [-0.2, 0) is 9.59 Å². The fourth-order valence-corrected chi connectivity index (χ4v) is 3.33. The van der Waals surface area contributed by atoms with E-state index in [9.17, 15) is 19.8 Å². The Morgan fingerprint density at radius 2 is 1.78 bits per heavy atom. The molecule has 0 saturated heterocycles. The number of halogens is 1. The van der Waals surface area contributed by atoms with Crippen molar-refractivity contribution in [2.75, 3.05) is 13.2 Å². The van der Waals surface area contributed by atoms with Crippen LogP contribution in [-0.4, -0.2) is 40.0 Å². The lowest BCUT2D eigenvalue weighted by atomic mass is 9.95. The molecule has 6 heteroatoms. The molecule has 0 bridgehead atoms. The van der Waals surface area contributed by atoms with Gasteiger partial charge in [-0.3, -0.25) is 9.59 Å². The molecule has 0 saturated carbocycles. The van der Waals surface area contributed by atoms with Crippen LogP contribution in [0.3, 0.4) is 0 Å². The maximum atomic E-state index is 12.8. The minimum atomic E-state index is -0.745. The summed E-state index contributed by atoms with van der Waals surface area (Å²) >= 11 is 3.36. The van der Waals surface area contributed by atoms with E-state index < -0.39 is 23.5 Å². The molecule has 1 aliphatic heterocycles. The van der Waals surface area contributed by atoms with Gasteiger partial charge in [-0.05, 0) is 29.3 Å². The second-order valence-electron chi connectivity index (χ2n) is 6.05. The van der Waals surface area contributed by atoms with Gasteiger partial charge in [-0.1, -0.05) is 64.5 Å². The third-order valence-electron chi connectivity index (χ3n) is 4.32. The number of hydrogen-bond donors (Lipinski definition) is 2. The summed E-state index contributed by atoms with van der Waals surface area (Å²) in [5, 5.41) is 19.7. The van der Waals surface area contributed by atoms with Crippen LogP contribution in [0.2, 0.25) is 0 Å². The molecule has 0 fully saturated rings. The van der Waals surface area contributed by atoms with Gasteiger partial charge in [0.1, 0.15) is 0 Å². The van der Waals surface area contributed by atoms with Gasteiger partial charge in [-0.15, -0.1) is 0 Å². The van der Waals surface area contributed by atoms with E-state index in [0.29, 0.717) is 5.56 Å². The quantitative estimate of drug-likeness (QED) is 0.692. The van der Waals surface area contributed by atoms with E-state index in [2.05, 4.69) is 15.9 Å². The van der Waals surface area contributed by atoms with Crippen LogP contribution < -0.4 is 0 Å². The van der Waals surface area contributed by atoms with Crippen LogP contribution in [0.15, 0.2) is 76.5 Å². The van der Waals surface area contributed by atoms with Gasteiger partial charge in [0.15, 0.2) is 11.5 Å². The Kier molecular flexibility index (Phi) is 5.88. The Bertz CT molecular complexity index is 904. The first-order valence-corrected chi connectivity index (χ1v) is 9.20. The Labute approximate surface area is 165 Å². The molecule has 1 heterocycles. The number of benzene rings is 2. The fourth-order valence-electron chi connectivity index (χ4n) is 3.06. The topological polar surface area (TPSA) is 77.8 Å². The number of aliphatic hydroxyl groups excluding tert-OH is 2. The van der Waals surface area contributed by atoms with Crippen molar-refractivity contribution in [2.24, 2.45) is 0 Å². The second-order valence-corrected chi connectivity index (χ2v) is 6.96. The van der Waals surface area contributed by atoms with Gasteiger partial charge in [0.05, 0.1) is 18.2 Å². The monoisotopic (exact) mass is 427 g/mol. The fraction of sp³-hybridized carbons (Fsp3) is 0.143. The maximum absolute atomic E-state index is 12.8. The Morgan fingerprint density at radius 3 is 2.41 bits per heavy atom. The summed E-state index contributed by atoms with van der Waals surface area (Å²) < 4.78 is 0.856. The molecule has 1 unspecified atom stereocenters. The number of carbonyl (C=O) groups excluding carboxylic acids is 2. The third kappa shape index (κ3) is 4.02. The van der Waals surface area contributed by atoms with Crippen LogP contribution in [0.4, 0.5) is 0 Å². The van der Waals surface area contributed by atoms with Gasteiger partial charge in [-0.25, -0.2) is 0 Å². The molecule has 138 valence electrons. The Balaban J connectivity index is 1.98. The molecule has 3 rings (SSSR count). The molecular formula is C21H18BrNO4. The third-order valence-corrected chi connectivity index (χ3v) is 4.85. The summed E-state index contributed by atoms with van der Waals surface area (Å²) in [6.07, 6.45) is 2.99. The van der Waals surface area contributed by atoms with E-state index in [1.807, 2.05) is 30.3 Å². The molecule has 0 spiro atoms. The van der Waals surface area contributed by atoms with E-state index in [1.54, 1.807) is 30.3 Å². The summed E-state index contributed by atoms with van der Waals surface area (Å²) in [6.45, 7) is -0.254. The molecule has 0 radical (unpaired) electrons. The van der Waals surface area contributed by atoms with Crippen LogP contribution in [0.25, 0.3) is 6.08 Å². The molecular weight excluding hydrogens is 410 g/mol. The highest BCUT2D eigenvalue weighted by Crippen LogP contribution is 2.38. The number of nitrogens with zero attached hydrogens (tertiary/aromatic N) is 1. The number of allylic oxidation sites excluding steroid dienone is 1. The summed E-state index contributed by atoms with van der Waals surface area (Å²) in [6, 6.07) is 15.7. The lowest BCUT2D eigenvalue weighted by molar-refractivity contribution is -0.129. The van der Waals surface area contributed by atoms with E-state index in [1.165, 1.54) is 11.0 Å². The zero-order chi connectivity index (χ0) is 19.4. The van der Waals surface area contributed by atoms with Crippen molar-refractivity contribution in [1.82, 2.24) is 4.90 Å². The van der Waals surface area contributed by atoms with Crippen LogP contribution in [0.5, 0.6) is 0 Å². The summed E-state index contributed by atoms with van der Waals surface area (Å²) in [5.41, 5.74) is 1.53. The molecule has 0 aromatic heterocycles. The molecule has 2 aromatic rings. The largest absolute Gasteiger partial charge is 0.503 e. The summed E-state index contributed by atoms with van der Waals surface area (Å²) in [5.74, 6) is -1.68. The van der Waals surface area contributed by atoms with Crippen molar-refractivity contribution in [3.05, 3.63) is 87.6 Å². The normalized spacial score (nSPS) is 17.2. The van der Waals surface area contributed by atoms with Gasteiger partial charge in [0.25, 0.3) is 5.91 Å². The second kappa shape index (κ2) is 8.33. The molecule has 1 aliphatic rings. The highest BCUT2D eigenvalue weighted by Gasteiger charge is 2.42. The molecule has 2 aromatic carbocycles. The van der Waals surface area contributed by atoms with Crippen molar-refractivity contribution in [2.45, 2.75) is 6.04 Å². The number of amides is 1. The zero-order valence-electron chi connectivity index (χ0n) is 14.4. The van der Waals surface area contributed by atoms with Crippen molar-refractivity contribution in [3.8, 4) is 0 Å². The molecule has 5 nitrogen and oxygen atoms in total. The number of rotatable bonds is 6. The number of β-amino-alcohol motifs (C(OH)–C–C–N with tert-alkyl or cyclic N) is 1. The van der Waals surface area contributed by atoms with Crippen LogP contribution in [0.1, 0.15) is 17.2 Å². The first kappa shape index (κ1) is 19.1. The first-order valence-electron chi connectivity index (χ1n) is 8.41. The molecule has 0 aliphatic carbocycles. The average Bonchev–Trinajstić information content (AvgIpc) is 2.93. The predicted molar refractivity (Wildman–Crippen MR) is 106 cm³/mol. The molecule has 2 N–H and O–H groups in total. The SMILES string of the molecule is O=C(C=Cc1ccccc1)C1=C(O)C(=O)N(CCO)C1c1ccc(Br)cc1. The van der Waals surface area contributed by atoms with E-state index in [-0.39, 0.29) is 18.7 Å². The first-order chi connectivity index (χ1) is 13.0.